The SMILES string of the molecule is COc1ccc(CCNc2cccc(N)c2C)cc1. The quantitative estimate of drug-likeness (QED) is 0.807. The molecule has 0 amide bonds. The summed E-state index contributed by atoms with van der Waals surface area (Å²) in [5, 5.41) is 3.42. The van der Waals surface area contributed by atoms with Crippen molar-refractivity contribution in [3.05, 3.63) is 53.6 Å². The summed E-state index contributed by atoms with van der Waals surface area (Å²) in [4.78, 5) is 0. The molecule has 0 radical (unpaired) electrons. The van der Waals surface area contributed by atoms with Crippen molar-refractivity contribution in [3.63, 3.8) is 0 Å². The second-order valence-electron chi connectivity index (χ2n) is 4.54. The molecule has 0 unspecified atom stereocenters. The van der Waals surface area contributed by atoms with Crippen LogP contribution >= 0.6 is 0 Å². The van der Waals surface area contributed by atoms with Crippen LogP contribution in [0.15, 0.2) is 42.5 Å². The van der Waals surface area contributed by atoms with Gasteiger partial charge in [-0.1, -0.05) is 18.2 Å². The van der Waals surface area contributed by atoms with Crippen LogP contribution in [-0.4, -0.2) is 13.7 Å². The number of anilines is 2. The average molecular weight is 256 g/mol. The Morgan fingerprint density at radius 1 is 1.11 bits per heavy atom. The first kappa shape index (κ1) is 13.3. The molecule has 0 saturated heterocycles. The van der Waals surface area contributed by atoms with Crippen molar-refractivity contribution in [2.45, 2.75) is 13.3 Å². The van der Waals surface area contributed by atoms with Crippen LogP contribution in [0.25, 0.3) is 0 Å². The third kappa shape index (κ3) is 3.41. The Balaban J connectivity index is 1.90. The number of nitrogens with one attached hydrogen (secondary N) is 1. The van der Waals surface area contributed by atoms with Crippen molar-refractivity contribution >= 4 is 11.4 Å². The molecule has 0 spiro atoms. The number of methoxy groups -OCH3 is 1. The number of ether oxygens (including phenoxy) is 1. The highest BCUT2D eigenvalue weighted by Crippen LogP contribution is 2.20. The van der Waals surface area contributed by atoms with Crippen molar-refractivity contribution in [1.82, 2.24) is 0 Å². The van der Waals surface area contributed by atoms with E-state index in [-0.39, 0.29) is 0 Å². The second-order valence-corrected chi connectivity index (χ2v) is 4.54. The van der Waals surface area contributed by atoms with E-state index in [0.717, 1.165) is 35.7 Å². The summed E-state index contributed by atoms with van der Waals surface area (Å²) in [5.41, 5.74) is 10.2. The van der Waals surface area contributed by atoms with Gasteiger partial charge in [-0.3, -0.25) is 0 Å². The first-order valence-electron chi connectivity index (χ1n) is 6.42. The van der Waals surface area contributed by atoms with Crippen LogP contribution in [0, 0.1) is 6.92 Å². The van der Waals surface area contributed by atoms with E-state index < -0.39 is 0 Å². The minimum absolute atomic E-state index is 0.828. The topological polar surface area (TPSA) is 47.3 Å². The van der Waals surface area contributed by atoms with Gasteiger partial charge in [0.05, 0.1) is 7.11 Å². The lowest BCUT2D eigenvalue weighted by Gasteiger charge is -2.11. The van der Waals surface area contributed by atoms with Crippen LogP contribution in [0.4, 0.5) is 11.4 Å². The maximum absolute atomic E-state index is 5.88. The van der Waals surface area contributed by atoms with Gasteiger partial charge in [0.2, 0.25) is 0 Å². The zero-order valence-electron chi connectivity index (χ0n) is 11.4. The van der Waals surface area contributed by atoms with Gasteiger partial charge in [-0.15, -0.1) is 0 Å². The normalized spacial score (nSPS) is 10.2. The van der Waals surface area contributed by atoms with Crippen LogP contribution in [-0.2, 0) is 6.42 Å². The monoisotopic (exact) mass is 256 g/mol. The number of hydrogen-bond donors (Lipinski definition) is 2. The number of hydrogen-bond acceptors (Lipinski definition) is 3. The Morgan fingerprint density at radius 2 is 1.84 bits per heavy atom. The summed E-state index contributed by atoms with van der Waals surface area (Å²) in [7, 11) is 1.68. The van der Waals surface area contributed by atoms with Crippen LogP contribution in [0.3, 0.4) is 0 Å². The van der Waals surface area contributed by atoms with Gasteiger partial charge in [0.1, 0.15) is 5.75 Å². The fraction of sp³-hybridized carbons (Fsp3) is 0.250. The lowest BCUT2D eigenvalue weighted by atomic mass is 10.1. The second kappa shape index (κ2) is 6.14. The minimum atomic E-state index is 0.828. The fourth-order valence-electron chi connectivity index (χ4n) is 1.98. The highest BCUT2D eigenvalue weighted by molar-refractivity contribution is 5.62. The predicted molar refractivity (Wildman–Crippen MR) is 80.8 cm³/mol. The zero-order chi connectivity index (χ0) is 13.7. The molecular weight excluding hydrogens is 236 g/mol. The van der Waals surface area contributed by atoms with E-state index in [9.17, 15) is 0 Å². The molecule has 0 aliphatic heterocycles. The molecule has 0 aromatic heterocycles. The molecule has 0 aliphatic rings. The molecule has 0 saturated carbocycles. The van der Waals surface area contributed by atoms with Gasteiger partial charge in [-0.25, -0.2) is 0 Å². The largest absolute Gasteiger partial charge is 0.497 e. The van der Waals surface area contributed by atoms with Crippen molar-refractivity contribution in [3.8, 4) is 5.75 Å². The van der Waals surface area contributed by atoms with E-state index in [2.05, 4.69) is 23.5 Å². The first-order valence-corrected chi connectivity index (χ1v) is 6.42. The fourth-order valence-corrected chi connectivity index (χ4v) is 1.98. The molecule has 0 fully saturated rings. The van der Waals surface area contributed by atoms with Crippen LogP contribution in [0.1, 0.15) is 11.1 Å². The van der Waals surface area contributed by atoms with E-state index in [4.69, 9.17) is 10.5 Å². The summed E-state index contributed by atoms with van der Waals surface area (Å²) in [6.07, 6.45) is 0.970. The number of rotatable bonds is 5. The molecule has 0 heterocycles. The smallest absolute Gasteiger partial charge is 0.118 e. The molecular formula is C16H20N2O. The van der Waals surface area contributed by atoms with Crippen molar-refractivity contribution in [2.75, 3.05) is 24.7 Å². The van der Waals surface area contributed by atoms with E-state index in [1.54, 1.807) is 7.11 Å². The average Bonchev–Trinajstić information content (AvgIpc) is 2.44. The summed E-state index contributed by atoms with van der Waals surface area (Å²) in [6, 6.07) is 14.1. The highest BCUT2D eigenvalue weighted by Gasteiger charge is 2.00. The van der Waals surface area contributed by atoms with Gasteiger partial charge in [0.15, 0.2) is 0 Å². The number of nitrogen functional groups attached to an aromatic ring is 1. The summed E-state index contributed by atoms with van der Waals surface area (Å²) >= 11 is 0. The van der Waals surface area contributed by atoms with Gasteiger partial charge in [-0.05, 0) is 48.7 Å². The Morgan fingerprint density at radius 3 is 2.53 bits per heavy atom. The summed E-state index contributed by atoms with van der Waals surface area (Å²) in [5.74, 6) is 0.892. The molecule has 0 atom stereocenters. The van der Waals surface area contributed by atoms with E-state index in [1.807, 2.05) is 31.2 Å². The molecule has 100 valence electrons. The van der Waals surface area contributed by atoms with E-state index in [1.165, 1.54) is 5.56 Å². The third-order valence-corrected chi connectivity index (χ3v) is 3.26. The molecule has 2 aromatic carbocycles. The Bertz CT molecular complexity index is 535. The maximum atomic E-state index is 5.88. The van der Waals surface area contributed by atoms with E-state index in [0.29, 0.717) is 0 Å². The molecule has 0 bridgehead atoms. The van der Waals surface area contributed by atoms with Crippen molar-refractivity contribution in [2.24, 2.45) is 0 Å². The first-order chi connectivity index (χ1) is 9.20. The molecule has 3 N–H and O–H groups in total. The highest BCUT2D eigenvalue weighted by atomic mass is 16.5. The Labute approximate surface area is 114 Å². The standard InChI is InChI=1S/C16H20N2O/c1-12-15(17)4-3-5-16(12)18-11-10-13-6-8-14(19-2)9-7-13/h3-9,18H,10-11,17H2,1-2H3. The molecule has 19 heavy (non-hydrogen) atoms. The lowest BCUT2D eigenvalue weighted by molar-refractivity contribution is 0.414. The summed E-state index contributed by atoms with van der Waals surface area (Å²) in [6.45, 7) is 2.92. The lowest BCUT2D eigenvalue weighted by Crippen LogP contribution is -2.06. The molecule has 3 nitrogen and oxygen atoms in total. The van der Waals surface area contributed by atoms with Gasteiger partial charge in [-0.2, -0.15) is 0 Å². The molecule has 3 heteroatoms. The van der Waals surface area contributed by atoms with E-state index >= 15 is 0 Å². The number of nitrogens with two attached hydrogens (primary N) is 1. The Hall–Kier alpha value is -2.16. The minimum Gasteiger partial charge on any atom is -0.497 e. The Kier molecular flexibility index (Phi) is 4.29. The van der Waals surface area contributed by atoms with Gasteiger partial charge in [0, 0.05) is 17.9 Å². The predicted octanol–water partition coefficient (Wildman–Crippen LogP) is 3.24. The van der Waals surface area contributed by atoms with Crippen LogP contribution in [0.5, 0.6) is 5.75 Å². The molecule has 2 rings (SSSR count). The van der Waals surface area contributed by atoms with Gasteiger partial charge >= 0.3 is 0 Å². The van der Waals surface area contributed by atoms with Crippen LogP contribution < -0.4 is 15.8 Å². The van der Waals surface area contributed by atoms with Crippen LogP contribution in [0.2, 0.25) is 0 Å². The molecule has 0 aliphatic carbocycles. The van der Waals surface area contributed by atoms with Gasteiger partial charge < -0.3 is 15.8 Å². The summed E-state index contributed by atoms with van der Waals surface area (Å²) < 4.78 is 5.14. The van der Waals surface area contributed by atoms with Crippen molar-refractivity contribution < 1.29 is 4.74 Å². The number of benzene rings is 2. The molecule has 2 aromatic rings. The van der Waals surface area contributed by atoms with Crippen molar-refractivity contribution in [1.29, 1.82) is 0 Å². The van der Waals surface area contributed by atoms with Gasteiger partial charge in [0.25, 0.3) is 0 Å². The maximum Gasteiger partial charge on any atom is 0.118 e. The zero-order valence-corrected chi connectivity index (χ0v) is 11.4. The third-order valence-electron chi connectivity index (χ3n) is 3.26.